The van der Waals surface area contributed by atoms with Crippen LogP contribution in [0, 0.1) is 17.8 Å². The molecular formula is C34H46ClNO. The van der Waals surface area contributed by atoms with Crippen molar-refractivity contribution >= 4 is 23.4 Å². The molecule has 0 aromatic heterocycles. The highest BCUT2D eigenvalue weighted by molar-refractivity contribution is 6.30. The molecule has 0 saturated heterocycles. The second-order valence-electron chi connectivity index (χ2n) is 11.5. The molecule has 0 bridgehead atoms. The van der Waals surface area contributed by atoms with Crippen LogP contribution in [-0.2, 0) is 6.42 Å². The van der Waals surface area contributed by atoms with Crippen LogP contribution in [0.15, 0.2) is 48.7 Å². The fraction of sp³-hybridized carbons (Fsp3) is 0.559. The number of anilines is 1. The molecule has 2 aromatic rings. The SMILES string of the molecule is C=C=Cc1ccc2c(c1)N(CC1CCC1CCC(C)CCCC)CC(c1ccc(Cl)cc1CCC)CO2. The zero-order chi connectivity index (χ0) is 26.2. The number of hydrogen-bond acceptors (Lipinski definition) is 2. The number of hydrogen-bond donors (Lipinski definition) is 0. The van der Waals surface area contributed by atoms with Crippen LogP contribution in [0.1, 0.15) is 94.7 Å². The third-order valence-electron chi connectivity index (χ3n) is 8.65. The maximum absolute atomic E-state index is 6.49. The van der Waals surface area contributed by atoms with E-state index in [9.17, 15) is 0 Å². The maximum Gasteiger partial charge on any atom is 0.142 e. The van der Waals surface area contributed by atoms with Gasteiger partial charge in [0.15, 0.2) is 0 Å². The van der Waals surface area contributed by atoms with Crippen LogP contribution in [0.2, 0.25) is 5.02 Å². The number of benzene rings is 2. The van der Waals surface area contributed by atoms with Crippen molar-refractivity contribution in [2.45, 2.75) is 84.5 Å². The van der Waals surface area contributed by atoms with Crippen molar-refractivity contribution in [3.05, 3.63) is 70.4 Å². The largest absolute Gasteiger partial charge is 0.491 e. The summed E-state index contributed by atoms with van der Waals surface area (Å²) >= 11 is 6.41. The van der Waals surface area contributed by atoms with Crippen LogP contribution in [-0.4, -0.2) is 19.7 Å². The van der Waals surface area contributed by atoms with Crippen molar-refractivity contribution in [3.63, 3.8) is 0 Å². The van der Waals surface area contributed by atoms with Crippen molar-refractivity contribution in [1.82, 2.24) is 0 Å². The topological polar surface area (TPSA) is 12.5 Å². The lowest BCUT2D eigenvalue weighted by Gasteiger charge is -2.41. The average molecular weight is 520 g/mol. The third-order valence-corrected chi connectivity index (χ3v) is 8.88. The Hall–Kier alpha value is -2.15. The third kappa shape index (κ3) is 7.24. The summed E-state index contributed by atoms with van der Waals surface area (Å²) in [5.74, 6) is 3.80. The first kappa shape index (κ1) is 27.9. The number of unbranched alkanes of at least 4 members (excludes halogenated alkanes) is 1. The summed E-state index contributed by atoms with van der Waals surface area (Å²) in [6, 6.07) is 13.0. The van der Waals surface area contributed by atoms with E-state index in [0.717, 1.165) is 60.0 Å². The van der Waals surface area contributed by atoms with Crippen LogP contribution in [0.4, 0.5) is 5.69 Å². The van der Waals surface area contributed by atoms with Crippen molar-refractivity contribution < 1.29 is 4.74 Å². The number of ether oxygens (including phenoxy) is 1. The Morgan fingerprint density at radius 1 is 1.11 bits per heavy atom. The Balaban J connectivity index is 1.55. The monoisotopic (exact) mass is 519 g/mol. The molecule has 0 radical (unpaired) electrons. The van der Waals surface area contributed by atoms with E-state index in [-0.39, 0.29) is 0 Å². The Morgan fingerprint density at radius 2 is 1.95 bits per heavy atom. The van der Waals surface area contributed by atoms with Gasteiger partial charge in [-0.1, -0.05) is 83.2 Å². The Bertz CT molecular complexity index is 1070. The van der Waals surface area contributed by atoms with Crippen LogP contribution in [0.25, 0.3) is 6.08 Å². The van der Waals surface area contributed by atoms with Crippen molar-refractivity contribution in [2.75, 3.05) is 24.6 Å². The summed E-state index contributed by atoms with van der Waals surface area (Å²) in [5, 5.41) is 0.827. The number of aryl methyl sites for hydroxylation is 1. The number of fused-ring (bicyclic) bond motifs is 1. The normalized spacial score (nSPS) is 21.7. The first-order valence-corrected chi connectivity index (χ1v) is 15.1. The lowest BCUT2D eigenvalue weighted by atomic mass is 9.70. The van der Waals surface area contributed by atoms with Crippen molar-refractivity contribution in [1.29, 1.82) is 0 Å². The molecule has 1 heterocycles. The lowest BCUT2D eigenvalue weighted by molar-refractivity contribution is 0.157. The zero-order valence-electron chi connectivity index (χ0n) is 23.3. The molecule has 2 nitrogen and oxygen atoms in total. The molecule has 37 heavy (non-hydrogen) atoms. The predicted octanol–water partition coefficient (Wildman–Crippen LogP) is 9.71. The van der Waals surface area contributed by atoms with Gasteiger partial charge in [-0.15, -0.1) is 5.73 Å². The van der Waals surface area contributed by atoms with Crippen molar-refractivity contribution in [2.24, 2.45) is 17.8 Å². The van der Waals surface area contributed by atoms with Gasteiger partial charge in [0.2, 0.25) is 0 Å². The van der Waals surface area contributed by atoms with E-state index < -0.39 is 0 Å². The lowest BCUT2D eigenvalue weighted by Crippen LogP contribution is -2.40. The Labute approximate surface area is 230 Å². The Morgan fingerprint density at radius 3 is 2.68 bits per heavy atom. The molecule has 1 aliphatic heterocycles. The van der Waals surface area contributed by atoms with Gasteiger partial charge < -0.3 is 9.64 Å². The minimum Gasteiger partial charge on any atom is -0.491 e. The van der Waals surface area contributed by atoms with Gasteiger partial charge in [0.05, 0.1) is 12.3 Å². The van der Waals surface area contributed by atoms with Gasteiger partial charge in [0, 0.05) is 24.0 Å². The van der Waals surface area contributed by atoms with E-state index in [1.165, 1.54) is 61.8 Å². The van der Waals surface area contributed by atoms with E-state index in [0.29, 0.717) is 12.5 Å². The van der Waals surface area contributed by atoms with Gasteiger partial charge in [-0.2, -0.15) is 0 Å². The maximum atomic E-state index is 6.49. The molecule has 0 spiro atoms. The molecule has 200 valence electrons. The van der Waals surface area contributed by atoms with Crippen LogP contribution >= 0.6 is 11.6 Å². The van der Waals surface area contributed by atoms with Gasteiger partial charge in [-0.25, -0.2) is 0 Å². The van der Waals surface area contributed by atoms with E-state index in [2.05, 4.69) is 68.3 Å². The number of rotatable bonds is 12. The minimum absolute atomic E-state index is 0.317. The summed E-state index contributed by atoms with van der Waals surface area (Å²) in [5.41, 5.74) is 8.06. The summed E-state index contributed by atoms with van der Waals surface area (Å²) in [7, 11) is 0. The second kappa shape index (κ2) is 13.6. The zero-order valence-corrected chi connectivity index (χ0v) is 24.0. The quantitative estimate of drug-likeness (QED) is 0.259. The highest BCUT2D eigenvalue weighted by Crippen LogP contribution is 2.43. The van der Waals surface area contributed by atoms with Gasteiger partial charge in [-0.3, -0.25) is 0 Å². The molecular weight excluding hydrogens is 474 g/mol. The highest BCUT2D eigenvalue weighted by Gasteiger charge is 2.34. The Kier molecular flexibility index (Phi) is 10.2. The smallest absolute Gasteiger partial charge is 0.142 e. The molecule has 1 fully saturated rings. The molecule has 2 aliphatic rings. The molecule has 0 N–H and O–H groups in total. The predicted molar refractivity (Wildman–Crippen MR) is 160 cm³/mol. The summed E-state index contributed by atoms with van der Waals surface area (Å²) in [6.45, 7) is 13.6. The number of nitrogens with zero attached hydrogens (tertiary/aromatic N) is 1. The molecule has 4 rings (SSSR count). The van der Waals surface area contributed by atoms with E-state index in [4.69, 9.17) is 16.3 Å². The first-order chi connectivity index (χ1) is 18.0. The number of halogens is 1. The molecule has 2 aromatic carbocycles. The first-order valence-electron chi connectivity index (χ1n) is 14.7. The average Bonchev–Trinajstić information content (AvgIpc) is 3.05. The molecule has 1 aliphatic carbocycles. The van der Waals surface area contributed by atoms with Gasteiger partial charge in [0.25, 0.3) is 0 Å². The molecule has 4 unspecified atom stereocenters. The summed E-state index contributed by atoms with van der Waals surface area (Å²) < 4.78 is 6.49. The molecule has 4 atom stereocenters. The summed E-state index contributed by atoms with van der Waals surface area (Å²) in [6.07, 6.45) is 13.7. The van der Waals surface area contributed by atoms with Gasteiger partial charge >= 0.3 is 0 Å². The summed E-state index contributed by atoms with van der Waals surface area (Å²) in [4.78, 5) is 2.63. The highest BCUT2D eigenvalue weighted by atomic mass is 35.5. The fourth-order valence-electron chi connectivity index (χ4n) is 6.28. The van der Waals surface area contributed by atoms with E-state index in [1.54, 1.807) is 0 Å². The molecule has 3 heteroatoms. The fourth-order valence-corrected chi connectivity index (χ4v) is 6.47. The second-order valence-corrected chi connectivity index (χ2v) is 11.9. The van der Waals surface area contributed by atoms with Crippen LogP contribution in [0.5, 0.6) is 5.75 Å². The molecule has 0 amide bonds. The van der Waals surface area contributed by atoms with E-state index >= 15 is 0 Å². The molecule has 1 saturated carbocycles. The van der Waals surface area contributed by atoms with E-state index in [1.807, 2.05) is 12.1 Å². The van der Waals surface area contributed by atoms with Gasteiger partial charge in [0.1, 0.15) is 5.75 Å². The van der Waals surface area contributed by atoms with Crippen LogP contribution in [0.3, 0.4) is 0 Å². The standard InChI is InChI=1S/C34H46ClNO/c1-5-8-11-25(4)12-14-27-15-16-29(27)22-36-23-30(32-18-17-31(35)21-28(32)10-7-3)24-37-34-19-13-26(9-6-2)20-33(34)36/h9,13,17-21,25,27,29-30H,2,5,7-8,10-12,14-16,22-24H2,1,3-4H3. The van der Waals surface area contributed by atoms with Gasteiger partial charge in [-0.05, 0) is 90.5 Å². The van der Waals surface area contributed by atoms with Crippen molar-refractivity contribution in [3.8, 4) is 5.75 Å². The van der Waals surface area contributed by atoms with Crippen LogP contribution < -0.4 is 9.64 Å². The minimum atomic E-state index is 0.317.